The Labute approximate surface area is 90.1 Å². The average Bonchev–Trinajstić information content (AvgIpc) is 2.27. The number of likely N-dealkylation sites (N-methyl/N-ethyl adjacent to an activating group) is 1. The Hall–Kier alpha value is -1.51. The number of anilines is 1. The van der Waals surface area contributed by atoms with E-state index in [0.717, 1.165) is 24.2 Å². The summed E-state index contributed by atoms with van der Waals surface area (Å²) in [4.78, 5) is 13.6. The molecule has 15 heavy (non-hydrogen) atoms. The molecule has 1 N–H and O–H groups in total. The smallest absolute Gasteiger partial charge is 0.229 e. The highest BCUT2D eigenvalue weighted by Crippen LogP contribution is 2.32. The molecule has 2 rings (SSSR count). The molecule has 0 bridgehead atoms. The van der Waals surface area contributed by atoms with Gasteiger partial charge in [0.2, 0.25) is 5.91 Å². The number of nitrogens with zero attached hydrogens (tertiary/aromatic N) is 1. The van der Waals surface area contributed by atoms with Gasteiger partial charge in [0.25, 0.3) is 0 Å². The van der Waals surface area contributed by atoms with Crippen LogP contribution in [0.2, 0.25) is 0 Å². The van der Waals surface area contributed by atoms with Crippen LogP contribution >= 0.6 is 0 Å². The molecule has 1 aliphatic rings. The predicted octanol–water partition coefficient (Wildman–Crippen LogP) is 1.67. The normalized spacial score (nSPS) is 18.9. The predicted molar refractivity (Wildman–Crippen MR) is 61.0 cm³/mol. The number of carbonyl (C=O) groups excluding carboxylic acids is 1. The van der Waals surface area contributed by atoms with Crippen LogP contribution in [-0.4, -0.2) is 31.4 Å². The van der Waals surface area contributed by atoms with E-state index in [4.69, 9.17) is 0 Å². The number of amides is 1. The number of hydrogen-bond donors (Lipinski definition) is 1. The first-order valence-corrected chi connectivity index (χ1v) is 5.24. The summed E-state index contributed by atoms with van der Waals surface area (Å²) in [6, 6.07) is 8.05. The number of para-hydroxylation sites is 1. The van der Waals surface area contributed by atoms with E-state index in [-0.39, 0.29) is 11.8 Å². The minimum Gasteiger partial charge on any atom is -0.385 e. The van der Waals surface area contributed by atoms with Crippen LogP contribution in [0.25, 0.3) is 0 Å². The lowest BCUT2D eigenvalue weighted by Crippen LogP contribution is -2.32. The van der Waals surface area contributed by atoms with Gasteiger partial charge in [0.15, 0.2) is 0 Å². The first kappa shape index (κ1) is 10.0. The molecule has 1 aromatic carbocycles. The van der Waals surface area contributed by atoms with E-state index in [1.54, 1.807) is 4.90 Å². The maximum absolute atomic E-state index is 12.0. The van der Waals surface area contributed by atoms with Gasteiger partial charge in [-0.05, 0) is 18.1 Å². The van der Waals surface area contributed by atoms with Crippen molar-refractivity contribution >= 4 is 11.6 Å². The van der Waals surface area contributed by atoms with Crippen LogP contribution in [0.3, 0.4) is 0 Å². The van der Waals surface area contributed by atoms with E-state index in [9.17, 15) is 4.79 Å². The summed E-state index contributed by atoms with van der Waals surface area (Å²) in [6.45, 7) is 0.876. The number of fused-ring (bicyclic) bond motifs is 1. The van der Waals surface area contributed by atoms with Crippen molar-refractivity contribution in [3.05, 3.63) is 29.8 Å². The van der Waals surface area contributed by atoms with E-state index >= 15 is 0 Å². The van der Waals surface area contributed by atoms with Crippen molar-refractivity contribution in [2.45, 2.75) is 12.3 Å². The molecule has 0 saturated heterocycles. The number of benzene rings is 1. The molecule has 1 aliphatic heterocycles. The molecule has 0 aliphatic carbocycles. The standard InChI is InChI=1S/C12H16N2O/c1-14(2)12(15)10-7-8-13-11-6-4-3-5-9(10)11/h3-6,10,13H,7-8H2,1-2H3/t10-/m0/s1. The summed E-state index contributed by atoms with van der Waals surface area (Å²) in [7, 11) is 3.62. The second kappa shape index (κ2) is 3.93. The van der Waals surface area contributed by atoms with Crippen molar-refractivity contribution in [2.75, 3.05) is 26.0 Å². The molecule has 1 atom stereocenters. The van der Waals surface area contributed by atoms with Crippen molar-refractivity contribution in [1.29, 1.82) is 0 Å². The van der Waals surface area contributed by atoms with Crippen LogP contribution in [-0.2, 0) is 4.79 Å². The van der Waals surface area contributed by atoms with Crippen LogP contribution in [0.4, 0.5) is 5.69 Å². The van der Waals surface area contributed by atoms with Crippen LogP contribution in [0.15, 0.2) is 24.3 Å². The number of hydrogen-bond acceptors (Lipinski definition) is 2. The van der Waals surface area contributed by atoms with E-state index in [0.29, 0.717) is 0 Å². The molecule has 0 aromatic heterocycles. The fourth-order valence-electron chi connectivity index (χ4n) is 2.04. The van der Waals surface area contributed by atoms with E-state index in [1.807, 2.05) is 38.4 Å². The van der Waals surface area contributed by atoms with E-state index < -0.39 is 0 Å². The van der Waals surface area contributed by atoms with Gasteiger partial charge in [-0.1, -0.05) is 18.2 Å². The lowest BCUT2D eigenvalue weighted by Gasteiger charge is -2.27. The van der Waals surface area contributed by atoms with E-state index in [2.05, 4.69) is 5.32 Å². The molecule has 0 spiro atoms. The number of nitrogens with one attached hydrogen (secondary N) is 1. The molecule has 0 radical (unpaired) electrons. The van der Waals surface area contributed by atoms with Crippen molar-refractivity contribution in [3.63, 3.8) is 0 Å². The summed E-state index contributed by atoms with van der Waals surface area (Å²) >= 11 is 0. The maximum atomic E-state index is 12.0. The molecular formula is C12H16N2O. The fraction of sp³-hybridized carbons (Fsp3) is 0.417. The number of rotatable bonds is 1. The van der Waals surface area contributed by atoms with Crippen LogP contribution in [0.1, 0.15) is 17.9 Å². The van der Waals surface area contributed by atoms with Crippen LogP contribution < -0.4 is 5.32 Å². The third-order valence-corrected chi connectivity index (χ3v) is 2.82. The first-order chi connectivity index (χ1) is 7.20. The Bertz CT molecular complexity index is 374. The Morgan fingerprint density at radius 1 is 1.40 bits per heavy atom. The SMILES string of the molecule is CN(C)C(=O)[C@H]1CCNc2ccccc21. The third kappa shape index (κ3) is 1.82. The molecule has 0 saturated carbocycles. The zero-order valence-corrected chi connectivity index (χ0v) is 9.16. The molecule has 3 nitrogen and oxygen atoms in total. The summed E-state index contributed by atoms with van der Waals surface area (Å²) in [5.41, 5.74) is 2.23. The minimum atomic E-state index is 0.0254. The highest BCUT2D eigenvalue weighted by Gasteiger charge is 2.26. The third-order valence-electron chi connectivity index (χ3n) is 2.82. The second-order valence-corrected chi connectivity index (χ2v) is 4.09. The van der Waals surface area contributed by atoms with Gasteiger partial charge in [0.1, 0.15) is 0 Å². The van der Waals surface area contributed by atoms with Gasteiger partial charge < -0.3 is 10.2 Å². The zero-order valence-electron chi connectivity index (χ0n) is 9.16. The molecule has 80 valence electrons. The molecular weight excluding hydrogens is 188 g/mol. The van der Waals surface area contributed by atoms with Gasteiger partial charge >= 0.3 is 0 Å². The monoisotopic (exact) mass is 204 g/mol. The largest absolute Gasteiger partial charge is 0.385 e. The topological polar surface area (TPSA) is 32.3 Å². The fourth-order valence-corrected chi connectivity index (χ4v) is 2.04. The quantitative estimate of drug-likeness (QED) is 0.754. The summed E-state index contributed by atoms with van der Waals surface area (Å²) < 4.78 is 0. The van der Waals surface area contributed by atoms with Crippen LogP contribution in [0, 0.1) is 0 Å². The van der Waals surface area contributed by atoms with Crippen molar-refractivity contribution in [1.82, 2.24) is 4.90 Å². The molecule has 0 fully saturated rings. The zero-order chi connectivity index (χ0) is 10.8. The van der Waals surface area contributed by atoms with Gasteiger partial charge in [0, 0.05) is 26.3 Å². The molecule has 1 aromatic rings. The molecule has 0 unspecified atom stereocenters. The van der Waals surface area contributed by atoms with Gasteiger partial charge in [-0.25, -0.2) is 0 Å². The molecule has 3 heteroatoms. The van der Waals surface area contributed by atoms with E-state index in [1.165, 1.54) is 0 Å². The van der Waals surface area contributed by atoms with Crippen molar-refractivity contribution < 1.29 is 4.79 Å². The van der Waals surface area contributed by atoms with Crippen LogP contribution in [0.5, 0.6) is 0 Å². The highest BCUT2D eigenvalue weighted by atomic mass is 16.2. The van der Waals surface area contributed by atoms with Gasteiger partial charge in [-0.3, -0.25) is 4.79 Å². The Balaban J connectivity index is 2.34. The highest BCUT2D eigenvalue weighted by molar-refractivity contribution is 5.86. The van der Waals surface area contributed by atoms with Gasteiger partial charge in [-0.15, -0.1) is 0 Å². The molecule has 1 heterocycles. The summed E-state index contributed by atoms with van der Waals surface area (Å²) in [6.07, 6.45) is 0.883. The second-order valence-electron chi connectivity index (χ2n) is 4.09. The summed E-state index contributed by atoms with van der Waals surface area (Å²) in [5.74, 6) is 0.224. The summed E-state index contributed by atoms with van der Waals surface area (Å²) in [5, 5.41) is 3.32. The first-order valence-electron chi connectivity index (χ1n) is 5.24. The van der Waals surface area contributed by atoms with Crippen molar-refractivity contribution in [3.8, 4) is 0 Å². The van der Waals surface area contributed by atoms with Gasteiger partial charge in [0.05, 0.1) is 5.92 Å². The lowest BCUT2D eigenvalue weighted by molar-refractivity contribution is -0.130. The lowest BCUT2D eigenvalue weighted by atomic mass is 9.90. The Kier molecular flexibility index (Phi) is 2.62. The van der Waals surface area contributed by atoms with Gasteiger partial charge in [-0.2, -0.15) is 0 Å². The van der Waals surface area contributed by atoms with Crippen molar-refractivity contribution in [2.24, 2.45) is 0 Å². The minimum absolute atomic E-state index is 0.0254. The Morgan fingerprint density at radius 2 is 2.13 bits per heavy atom. The average molecular weight is 204 g/mol. The maximum Gasteiger partial charge on any atom is 0.229 e. The Morgan fingerprint density at radius 3 is 2.87 bits per heavy atom. The molecule has 1 amide bonds. The number of carbonyl (C=O) groups is 1.